The minimum Gasteiger partial charge on any atom is -0.505 e. The molecular weight excluding hydrogens is 182 g/mol. The number of phenols is 1. The SMILES string of the molecule is COC(=O)C#Cc1cccc(N)c1O. The Hall–Kier alpha value is -2.15. The number of rotatable bonds is 0. The second-order valence-electron chi connectivity index (χ2n) is 2.48. The molecule has 0 aliphatic rings. The second-order valence-corrected chi connectivity index (χ2v) is 2.48. The summed E-state index contributed by atoms with van der Waals surface area (Å²) in [6.45, 7) is 0. The summed E-state index contributed by atoms with van der Waals surface area (Å²) < 4.78 is 4.32. The van der Waals surface area contributed by atoms with Crippen molar-refractivity contribution in [2.24, 2.45) is 0 Å². The first-order chi connectivity index (χ1) is 6.65. The average Bonchev–Trinajstić information content (AvgIpc) is 2.20. The molecule has 1 aromatic carbocycles. The van der Waals surface area contributed by atoms with Crippen LogP contribution in [0, 0.1) is 11.8 Å². The van der Waals surface area contributed by atoms with E-state index in [2.05, 4.69) is 16.6 Å². The van der Waals surface area contributed by atoms with Gasteiger partial charge in [0.05, 0.1) is 18.4 Å². The summed E-state index contributed by atoms with van der Waals surface area (Å²) in [6, 6.07) is 4.73. The molecule has 0 heterocycles. The summed E-state index contributed by atoms with van der Waals surface area (Å²) in [5.74, 6) is 3.86. The van der Waals surface area contributed by atoms with Crippen molar-refractivity contribution in [3.63, 3.8) is 0 Å². The van der Waals surface area contributed by atoms with Gasteiger partial charge in [-0.1, -0.05) is 12.0 Å². The first kappa shape index (κ1) is 9.93. The molecule has 0 amide bonds. The van der Waals surface area contributed by atoms with E-state index in [0.29, 0.717) is 5.56 Å². The summed E-state index contributed by atoms with van der Waals surface area (Å²) in [5.41, 5.74) is 5.95. The number of esters is 1. The van der Waals surface area contributed by atoms with Crippen molar-refractivity contribution in [3.05, 3.63) is 23.8 Å². The molecule has 0 fully saturated rings. The minimum absolute atomic E-state index is 0.121. The van der Waals surface area contributed by atoms with Crippen molar-refractivity contribution in [2.45, 2.75) is 0 Å². The normalized spacial score (nSPS) is 8.64. The molecule has 0 aliphatic heterocycles. The quantitative estimate of drug-likeness (QED) is 0.271. The van der Waals surface area contributed by atoms with Gasteiger partial charge in [0.15, 0.2) is 5.75 Å². The predicted molar refractivity (Wildman–Crippen MR) is 51.4 cm³/mol. The average molecular weight is 191 g/mol. The Morgan fingerprint density at radius 3 is 2.93 bits per heavy atom. The van der Waals surface area contributed by atoms with Crippen LogP contribution in [0.5, 0.6) is 5.75 Å². The smallest absolute Gasteiger partial charge is 0.384 e. The number of benzene rings is 1. The molecule has 1 aromatic rings. The summed E-state index contributed by atoms with van der Waals surface area (Å²) in [4.78, 5) is 10.7. The highest BCUT2D eigenvalue weighted by molar-refractivity contribution is 5.89. The van der Waals surface area contributed by atoms with E-state index in [1.54, 1.807) is 18.2 Å². The van der Waals surface area contributed by atoms with Gasteiger partial charge in [0.1, 0.15) is 0 Å². The number of nitrogens with two attached hydrogens (primary N) is 1. The molecule has 4 nitrogen and oxygen atoms in total. The third-order valence-corrected chi connectivity index (χ3v) is 1.55. The van der Waals surface area contributed by atoms with E-state index < -0.39 is 5.97 Å². The highest BCUT2D eigenvalue weighted by Gasteiger charge is 2.00. The fourth-order valence-electron chi connectivity index (χ4n) is 0.832. The van der Waals surface area contributed by atoms with Crippen molar-refractivity contribution < 1.29 is 14.6 Å². The number of ether oxygens (including phenoxy) is 1. The van der Waals surface area contributed by atoms with Crippen LogP contribution in [-0.2, 0) is 9.53 Å². The highest BCUT2D eigenvalue weighted by atomic mass is 16.5. The number of hydrogen-bond acceptors (Lipinski definition) is 4. The molecule has 72 valence electrons. The second kappa shape index (κ2) is 4.19. The number of para-hydroxylation sites is 1. The first-order valence-corrected chi connectivity index (χ1v) is 3.82. The number of aromatic hydroxyl groups is 1. The number of methoxy groups -OCH3 is 1. The van der Waals surface area contributed by atoms with Gasteiger partial charge in [-0.05, 0) is 12.1 Å². The maximum atomic E-state index is 10.7. The fourth-order valence-corrected chi connectivity index (χ4v) is 0.832. The molecule has 0 saturated heterocycles. The van der Waals surface area contributed by atoms with Crippen LogP contribution >= 0.6 is 0 Å². The Labute approximate surface area is 81.3 Å². The van der Waals surface area contributed by atoms with Crippen molar-refractivity contribution in [2.75, 3.05) is 12.8 Å². The molecule has 0 atom stereocenters. The third-order valence-electron chi connectivity index (χ3n) is 1.55. The molecule has 14 heavy (non-hydrogen) atoms. The molecule has 1 rings (SSSR count). The Balaban J connectivity index is 3.01. The van der Waals surface area contributed by atoms with E-state index in [0.717, 1.165) is 0 Å². The lowest BCUT2D eigenvalue weighted by atomic mass is 10.2. The summed E-state index contributed by atoms with van der Waals surface area (Å²) >= 11 is 0. The van der Waals surface area contributed by atoms with Crippen molar-refractivity contribution >= 4 is 11.7 Å². The van der Waals surface area contributed by atoms with Gasteiger partial charge in [0, 0.05) is 5.92 Å². The molecule has 0 bridgehead atoms. The zero-order chi connectivity index (χ0) is 10.6. The number of carbonyl (C=O) groups excluding carboxylic acids is 1. The number of phenolic OH excluding ortho intramolecular Hbond substituents is 1. The molecule has 0 saturated carbocycles. The number of nitrogen functional groups attached to an aromatic ring is 1. The summed E-state index contributed by atoms with van der Waals surface area (Å²) in [6.07, 6.45) is 0. The lowest BCUT2D eigenvalue weighted by Gasteiger charge is -1.99. The minimum atomic E-state index is -0.660. The molecule has 4 heteroatoms. The third kappa shape index (κ3) is 2.17. The number of carbonyl (C=O) groups is 1. The lowest BCUT2D eigenvalue weighted by Crippen LogP contribution is -1.94. The Morgan fingerprint density at radius 1 is 1.57 bits per heavy atom. The van der Waals surface area contributed by atoms with Crippen LogP contribution < -0.4 is 5.73 Å². The van der Waals surface area contributed by atoms with Gasteiger partial charge in [-0.3, -0.25) is 0 Å². The monoisotopic (exact) mass is 191 g/mol. The maximum Gasteiger partial charge on any atom is 0.384 e. The van der Waals surface area contributed by atoms with Crippen molar-refractivity contribution in [1.82, 2.24) is 0 Å². The van der Waals surface area contributed by atoms with Gasteiger partial charge in [0.2, 0.25) is 0 Å². The van der Waals surface area contributed by atoms with Crippen LogP contribution in [0.4, 0.5) is 5.69 Å². The van der Waals surface area contributed by atoms with Crippen LogP contribution in [0.1, 0.15) is 5.56 Å². The molecule has 0 spiro atoms. The summed E-state index contributed by atoms with van der Waals surface area (Å²) in [7, 11) is 1.23. The van der Waals surface area contributed by atoms with Crippen LogP contribution in [0.15, 0.2) is 18.2 Å². The molecule has 0 aliphatic carbocycles. The Morgan fingerprint density at radius 2 is 2.29 bits per heavy atom. The Kier molecular flexibility index (Phi) is 2.97. The topological polar surface area (TPSA) is 72.5 Å². The molecular formula is C10H9NO3. The van der Waals surface area contributed by atoms with E-state index in [4.69, 9.17) is 5.73 Å². The van der Waals surface area contributed by atoms with Gasteiger partial charge in [-0.2, -0.15) is 0 Å². The predicted octanol–water partition coefficient (Wildman–Crippen LogP) is 0.499. The largest absolute Gasteiger partial charge is 0.505 e. The van der Waals surface area contributed by atoms with Crippen LogP contribution in [-0.4, -0.2) is 18.2 Å². The highest BCUT2D eigenvalue weighted by Crippen LogP contribution is 2.22. The van der Waals surface area contributed by atoms with Crippen molar-refractivity contribution in [3.8, 4) is 17.6 Å². The first-order valence-electron chi connectivity index (χ1n) is 3.82. The van der Waals surface area contributed by atoms with Gasteiger partial charge in [0.25, 0.3) is 0 Å². The molecule has 0 radical (unpaired) electrons. The summed E-state index contributed by atoms with van der Waals surface area (Å²) in [5, 5.41) is 9.40. The molecule has 3 N–H and O–H groups in total. The van der Waals surface area contributed by atoms with Crippen LogP contribution in [0.2, 0.25) is 0 Å². The Bertz CT molecular complexity index is 415. The van der Waals surface area contributed by atoms with E-state index in [1.165, 1.54) is 7.11 Å². The van der Waals surface area contributed by atoms with E-state index in [-0.39, 0.29) is 11.4 Å². The van der Waals surface area contributed by atoms with E-state index >= 15 is 0 Å². The standard InChI is InChI=1S/C10H9NO3/c1-14-9(12)6-5-7-3-2-4-8(11)10(7)13/h2-4,13H,11H2,1H3. The number of anilines is 1. The van der Waals surface area contributed by atoms with Gasteiger partial charge in [-0.25, -0.2) is 4.79 Å². The molecule has 0 unspecified atom stereocenters. The van der Waals surface area contributed by atoms with Crippen LogP contribution in [0.3, 0.4) is 0 Å². The van der Waals surface area contributed by atoms with E-state index in [9.17, 15) is 9.90 Å². The van der Waals surface area contributed by atoms with Crippen molar-refractivity contribution in [1.29, 1.82) is 0 Å². The zero-order valence-electron chi connectivity index (χ0n) is 7.57. The van der Waals surface area contributed by atoms with E-state index in [1.807, 2.05) is 0 Å². The fraction of sp³-hybridized carbons (Fsp3) is 0.100. The van der Waals surface area contributed by atoms with Gasteiger partial charge < -0.3 is 15.6 Å². The van der Waals surface area contributed by atoms with Gasteiger partial charge in [-0.15, -0.1) is 0 Å². The number of hydrogen-bond donors (Lipinski definition) is 2. The molecule has 0 aromatic heterocycles. The lowest BCUT2D eigenvalue weighted by molar-refractivity contribution is -0.133. The maximum absolute atomic E-state index is 10.7. The van der Waals surface area contributed by atoms with Gasteiger partial charge >= 0.3 is 5.97 Å². The zero-order valence-corrected chi connectivity index (χ0v) is 7.57. The van der Waals surface area contributed by atoms with Crippen LogP contribution in [0.25, 0.3) is 0 Å².